The number of quaternary nitrogens is 1. The van der Waals surface area contributed by atoms with Crippen LogP contribution in [-0.4, -0.2) is 95.4 Å². The van der Waals surface area contributed by atoms with Crippen LogP contribution in [0.25, 0.3) is 32.3 Å². The molecule has 6 rings (SSSR count). The van der Waals surface area contributed by atoms with E-state index in [0.717, 1.165) is 32.3 Å². The van der Waals surface area contributed by atoms with Crippen molar-refractivity contribution < 1.29 is 42.7 Å². The summed E-state index contributed by atoms with van der Waals surface area (Å²) in [6.07, 6.45) is 1.42. The summed E-state index contributed by atoms with van der Waals surface area (Å²) < 4.78 is 20.1. The summed E-state index contributed by atoms with van der Waals surface area (Å²) in [5.74, 6) is -0.238. The Kier molecular flexibility index (Phi) is 15.0. The van der Waals surface area contributed by atoms with Crippen LogP contribution in [0.15, 0.2) is 97.1 Å². The Balaban J connectivity index is 1.37. The first kappa shape index (κ1) is 45.3. The van der Waals surface area contributed by atoms with Gasteiger partial charge in [0.15, 0.2) is 5.78 Å². The van der Waals surface area contributed by atoms with E-state index in [4.69, 9.17) is 14.2 Å². The number of amides is 3. The fourth-order valence-electron chi connectivity index (χ4n) is 7.71. The van der Waals surface area contributed by atoms with Crippen LogP contribution in [0.2, 0.25) is 0 Å². The van der Waals surface area contributed by atoms with Gasteiger partial charge in [-0.05, 0) is 80.6 Å². The van der Waals surface area contributed by atoms with Gasteiger partial charge in [0, 0.05) is 24.5 Å². The maximum absolute atomic E-state index is 14.8. The number of Topliss-reactive ketones (excluding diaryl/α,β-unsaturated/α-hetero) is 1. The van der Waals surface area contributed by atoms with E-state index in [2.05, 4.69) is 60.7 Å². The zero-order chi connectivity index (χ0) is 44.4. The molecule has 3 amide bonds. The van der Waals surface area contributed by atoms with Gasteiger partial charge in [-0.1, -0.05) is 79.5 Å². The number of nitrogens with zero attached hydrogens (tertiary/aromatic N) is 1. The number of carbonyl (C=O) groups is 5. The zero-order valence-electron chi connectivity index (χ0n) is 35.7. The van der Waals surface area contributed by atoms with Crippen LogP contribution >= 0.6 is 12.8 Å². The van der Waals surface area contributed by atoms with Crippen molar-refractivity contribution in [2.45, 2.75) is 43.8 Å². The molecule has 0 aliphatic rings. The average molecular weight is 861 g/mol. The van der Waals surface area contributed by atoms with Crippen molar-refractivity contribution in [3.05, 3.63) is 114 Å². The second kappa shape index (κ2) is 20.6. The fourth-order valence-corrected chi connectivity index (χ4v) is 7.89. The van der Waals surface area contributed by atoms with E-state index in [9.17, 15) is 24.0 Å². The van der Waals surface area contributed by atoms with Crippen molar-refractivity contribution in [1.82, 2.24) is 20.7 Å². The molecule has 62 heavy (non-hydrogen) atoms. The minimum Gasteiger partial charge on any atom is -0.497 e. The van der Waals surface area contributed by atoms with Gasteiger partial charge in [-0.15, -0.1) is 0 Å². The first-order valence-corrected chi connectivity index (χ1v) is 20.9. The molecule has 0 radical (unpaired) electrons. The van der Waals surface area contributed by atoms with E-state index in [1.54, 1.807) is 49.6 Å². The van der Waals surface area contributed by atoms with E-state index in [1.807, 2.05) is 48.5 Å². The summed E-state index contributed by atoms with van der Waals surface area (Å²) >= 11 is 3.88. The third-order valence-electron chi connectivity index (χ3n) is 10.8. The van der Waals surface area contributed by atoms with Crippen molar-refractivity contribution in [2.24, 2.45) is 0 Å². The molecule has 0 fully saturated rings. The number of hydrogen-bond acceptors (Lipinski definition) is 10. The Morgan fingerprint density at radius 3 is 2.06 bits per heavy atom. The van der Waals surface area contributed by atoms with Gasteiger partial charge < -0.3 is 39.4 Å². The lowest BCUT2D eigenvalue weighted by Crippen LogP contribution is -2.51. The normalized spacial score (nSPS) is 13.0. The van der Waals surface area contributed by atoms with Crippen molar-refractivity contribution in [3.8, 4) is 17.2 Å². The van der Waals surface area contributed by atoms with E-state index in [0.29, 0.717) is 57.7 Å². The second-order valence-electron chi connectivity index (χ2n) is 16.2. The van der Waals surface area contributed by atoms with Crippen molar-refractivity contribution in [1.29, 1.82) is 0 Å². The summed E-state index contributed by atoms with van der Waals surface area (Å²) in [6.45, 7) is 0.607. The molecule has 13 nitrogen and oxygen atoms in total. The fraction of sp³-hybridized carbons (Fsp3) is 0.312. The van der Waals surface area contributed by atoms with Crippen LogP contribution < -0.4 is 34.9 Å². The molecule has 0 spiro atoms. The van der Waals surface area contributed by atoms with Crippen LogP contribution in [0.5, 0.6) is 17.2 Å². The Bertz CT molecular complexity index is 2520. The number of ketones is 1. The maximum Gasteiger partial charge on any atom is 0.247 e. The third-order valence-corrected chi connectivity index (χ3v) is 11.0. The van der Waals surface area contributed by atoms with Crippen LogP contribution in [-0.2, 0) is 24.0 Å². The molecule has 0 saturated carbocycles. The molecular weight excluding hydrogens is 807 g/mol. The minimum atomic E-state index is -1.20. The van der Waals surface area contributed by atoms with Gasteiger partial charge in [0.25, 0.3) is 0 Å². The standard InChI is InChI=1S/C48H53N5O8S/c1-53(2,3)25-7-11-40(47(57)52-45(39-24-21-36(59-4)27-41(39)60-5)33-15-19-35(20-16-33)61-29-34(55)28-49-62)50-48(58)46(51-42(56)12-8-26-54)38-23-18-32-14-13-30-9-6-10-31-17-22-37(38)44(32)43(30)31/h6,9-10,13-24,26-27,40,45-46,49,62H,7-8,11-12,25,28-29H2,1-5H3,(H2-,50,51,52,56,57,58)/p+1. The third kappa shape index (κ3) is 11.0. The van der Waals surface area contributed by atoms with Gasteiger partial charge >= 0.3 is 0 Å². The molecule has 324 valence electrons. The highest BCUT2D eigenvalue weighted by Crippen LogP contribution is 2.38. The van der Waals surface area contributed by atoms with Crippen LogP contribution in [0.1, 0.15) is 54.5 Å². The highest BCUT2D eigenvalue weighted by molar-refractivity contribution is 7.78. The van der Waals surface area contributed by atoms with E-state index < -0.39 is 35.8 Å². The SMILES string of the molecule is COc1ccc(C(NC(=O)C(CCC[N+](C)(C)C)NC(=O)C(NC(=O)CCC=O)c2ccc3ccc4cccc5ccc2c3c45)c2ccc(OCC(=O)CNS)cc2)c(OC)c1. The lowest BCUT2D eigenvalue weighted by Gasteiger charge is -2.29. The van der Waals surface area contributed by atoms with Crippen LogP contribution in [0.3, 0.4) is 0 Å². The topological polar surface area (TPSA) is 161 Å². The van der Waals surface area contributed by atoms with Crippen LogP contribution in [0.4, 0.5) is 0 Å². The Morgan fingerprint density at radius 2 is 1.40 bits per heavy atom. The summed E-state index contributed by atoms with van der Waals surface area (Å²) in [4.78, 5) is 66.3. The zero-order valence-corrected chi connectivity index (χ0v) is 36.6. The number of carbonyl (C=O) groups excluding carboxylic acids is 5. The number of ether oxygens (including phenoxy) is 3. The Morgan fingerprint density at radius 1 is 0.742 bits per heavy atom. The quantitative estimate of drug-likeness (QED) is 0.0239. The first-order valence-electron chi connectivity index (χ1n) is 20.5. The molecule has 4 N–H and O–H groups in total. The number of methoxy groups -OCH3 is 2. The molecule has 0 heterocycles. The summed E-state index contributed by atoms with van der Waals surface area (Å²) in [5.41, 5.74) is 1.85. The number of hydrogen-bond donors (Lipinski definition) is 5. The smallest absolute Gasteiger partial charge is 0.247 e. The molecule has 6 aromatic carbocycles. The summed E-state index contributed by atoms with van der Waals surface area (Å²) in [6, 6.07) is 27.2. The predicted octanol–water partition coefficient (Wildman–Crippen LogP) is 6.00. The number of benzene rings is 6. The first-order chi connectivity index (χ1) is 29.8. The minimum absolute atomic E-state index is 0.0102. The molecule has 6 aromatic rings. The van der Waals surface area contributed by atoms with Crippen molar-refractivity contribution in [2.75, 3.05) is 55.1 Å². The largest absolute Gasteiger partial charge is 0.497 e. The monoisotopic (exact) mass is 860 g/mol. The molecule has 14 heteroatoms. The van der Waals surface area contributed by atoms with Crippen molar-refractivity contribution in [3.63, 3.8) is 0 Å². The highest BCUT2D eigenvalue weighted by Gasteiger charge is 2.32. The maximum atomic E-state index is 14.8. The number of nitrogens with one attached hydrogen (secondary N) is 4. The van der Waals surface area contributed by atoms with Gasteiger partial charge in [0.2, 0.25) is 17.7 Å². The number of aldehydes is 1. The average Bonchev–Trinajstić information content (AvgIpc) is 3.27. The highest BCUT2D eigenvalue weighted by atomic mass is 32.1. The molecule has 3 unspecified atom stereocenters. The molecule has 0 aromatic heterocycles. The van der Waals surface area contributed by atoms with Gasteiger partial charge in [-0.2, -0.15) is 0 Å². The molecule has 3 atom stereocenters. The number of rotatable bonds is 22. The second-order valence-corrected chi connectivity index (χ2v) is 16.5. The Labute approximate surface area is 366 Å². The van der Waals surface area contributed by atoms with E-state index in [-0.39, 0.29) is 38.2 Å². The lowest BCUT2D eigenvalue weighted by molar-refractivity contribution is -0.870. The molecular formula is C48H54N5O8S+. The summed E-state index contributed by atoms with van der Waals surface area (Å²) in [5, 5.41) is 15.0. The summed E-state index contributed by atoms with van der Waals surface area (Å²) in [7, 11) is 9.24. The Hall–Kier alpha value is -6.22. The number of thiol groups is 1. The molecule has 0 aliphatic carbocycles. The van der Waals surface area contributed by atoms with Gasteiger partial charge in [0.1, 0.15) is 42.2 Å². The van der Waals surface area contributed by atoms with E-state index in [1.165, 1.54) is 7.11 Å². The van der Waals surface area contributed by atoms with Crippen LogP contribution in [0, 0.1) is 0 Å². The van der Waals surface area contributed by atoms with Crippen molar-refractivity contribution >= 4 is 74.9 Å². The predicted molar refractivity (Wildman–Crippen MR) is 244 cm³/mol. The van der Waals surface area contributed by atoms with E-state index >= 15 is 0 Å². The lowest BCUT2D eigenvalue weighted by atomic mass is 9.89. The van der Waals surface area contributed by atoms with Gasteiger partial charge in [0.05, 0.1) is 54.5 Å². The van der Waals surface area contributed by atoms with Gasteiger partial charge in [-0.25, -0.2) is 0 Å². The molecule has 0 bridgehead atoms. The molecule has 0 saturated heterocycles. The van der Waals surface area contributed by atoms with Gasteiger partial charge in [-0.3, -0.25) is 23.9 Å². The molecule has 0 aliphatic heterocycles.